The van der Waals surface area contributed by atoms with E-state index in [1.807, 2.05) is 11.8 Å². The molecule has 1 heterocycles. The summed E-state index contributed by atoms with van der Waals surface area (Å²) in [7, 11) is 2.08. The Morgan fingerprint density at radius 2 is 2.16 bits per heavy atom. The Hall–Kier alpha value is -0.670. The zero-order chi connectivity index (χ0) is 13.7. The highest BCUT2D eigenvalue weighted by molar-refractivity contribution is 7.99. The third kappa shape index (κ3) is 4.15. The standard InChI is InChI=1S/C16H25NOS/c1-12(2)19-11-14(17-3)10-13-8-9-18-16-7-5-4-6-15(13)16/h4-7,12-14,17H,8-11H2,1-3H3. The van der Waals surface area contributed by atoms with Crippen molar-refractivity contribution in [2.75, 3.05) is 19.4 Å². The molecular formula is C16H25NOS. The first-order valence-corrected chi connectivity index (χ1v) is 8.26. The van der Waals surface area contributed by atoms with E-state index in [1.165, 1.54) is 17.7 Å². The summed E-state index contributed by atoms with van der Waals surface area (Å²) in [5.41, 5.74) is 1.39. The van der Waals surface area contributed by atoms with Crippen molar-refractivity contribution in [3.8, 4) is 5.75 Å². The first-order valence-electron chi connectivity index (χ1n) is 7.21. The van der Waals surface area contributed by atoms with Crippen LogP contribution in [0, 0.1) is 0 Å². The lowest BCUT2D eigenvalue weighted by Crippen LogP contribution is -2.31. The molecular weight excluding hydrogens is 254 g/mol. The predicted octanol–water partition coefficient (Wildman–Crippen LogP) is 3.67. The van der Waals surface area contributed by atoms with Crippen molar-refractivity contribution in [2.45, 2.75) is 43.9 Å². The molecule has 3 heteroatoms. The summed E-state index contributed by atoms with van der Waals surface area (Å²) in [4.78, 5) is 0. The van der Waals surface area contributed by atoms with Crippen LogP contribution in [-0.2, 0) is 0 Å². The van der Waals surface area contributed by atoms with Gasteiger partial charge in [-0.05, 0) is 42.7 Å². The van der Waals surface area contributed by atoms with Gasteiger partial charge in [-0.1, -0.05) is 32.0 Å². The molecule has 19 heavy (non-hydrogen) atoms. The van der Waals surface area contributed by atoms with Crippen LogP contribution in [0.2, 0.25) is 0 Å². The summed E-state index contributed by atoms with van der Waals surface area (Å²) in [5.74, 6) is 2.91. The summed E-state index contributed by atoms with van der Waals surface area (Å²) in [6.07, 6.45) is 2.35. The molecule has 0 radical (unpaired) electrons. The Balaban J connectivity index is 1.98. The molecule has 106 valence electrons. The molecule has 0 fully saturated rings. The lowest BCUT2D eigenvalue weighted by molar-refractivity contribution is 0.258. The number of nitrogens with one attached hydrogen (secondary N) is 1. The Labute approximate surface area is 121 Å². The van der Waals surface area contributed by atoms with Crippen LogP contribution in [0.15, 0.2) is 24.3 Å². The fraction of sp³-hybridized carbons (Fsp3) is 0.625. The van der Waals surface area contributed by atoms with Gasteiger partial charge >= 0.3 is 0 Å². The Morgan fingerprint density at radius 3 is 2.89 bits per heavy atom. The minimum Gasteiger partial charge on any atom is -0.493 e. The zero-order valence-electron chi connectivity index (χ0n) is 12.2. The maximum Gasteiger partial charge on any atom is 0.122 e. The van der Waals surface area contributed by atoms with E-state index in [0.29, 0.717) is 17.2 Å². The van der Waals surface area contributed by atoms with Crippen molar-refractivity contribution < 1.29 is 4.74 Å². The SMILES string of the molecule is CNC(CSC(C)C)CC1CCOc2ccccc21. The highest BCUT2D eigenvalue weighted by Crippen LogP contribution is 2.36. The average molecular weight is 279 g/mol. The second kappa shape index (κ2) is 7.20. The molecule has 2 atom stereocenters. The van der Waals surface area contributed by atoms with Gasteiger partial charge in [0.05, 0.1) is 6.61 Å². The van der Waals surface area contributed by atoms with Crippen molar-refractivity contribution in [1.29, 1.82) is 0 Å². The minimum atomic E-state index is 0.587. The van der Waals surface area contributed by atoms with Crippen LogP contribution >= 0.6 is 11.8 Å². The molecule has 2 nitrogen and oxygen atoms in total. The fourth-order valence-corrected chi connectivity index (χ4v) is 3.50. The predicted molar refractivity (Wildman–Crippen MR) is 84.4 cm³/mol. The summed E-state index contributed by atoms with van der Waals surface area (Å²) < 4.78 is 5.74. The summed E-state index contributed by atoms with van der Waals surface area (Å²) in [6, 6.07) is 9.09. The molecule has 1 aliphatic rings. The van der Waals surface area contributed by atoms with Crippen LogP contribution in [0.3, 0.4) is 0 Å². The van der Waals surface area contributed by atoms with Crippen LogP contribution in [0.5, 0.6) is 5.75 Å². The van der Waals surface area contributed by atoms with Crippen molar-refractivity contribution >= 4 is 11.8 Å². The van der Waals surface area contributed by atoms with Crippen LogP contribution in [-0.4, -0.2) is 30.7 Å². The second-order valence-electron chi connectivity index (χ2n) is 5.48. The smallest absolute Gasteiger partial charge is 0.122 e. The quantitative estimate of drug-likeness (QED) is 0.858. The molecule has 2 rings (SSSR count). The van der Waals surface area contributed by atoms with Crippen molar-refractivity contribution in [1.82, 2.24) is 5.32 Å². The molecule has 0 amide bonds. The molecule has 1 aliphatic heterocycles. The number of hydrogen-bond acceptors (Lipinski definition) is 3. The van der Waals surface area contributed by atoms with Gasteiger partial charge in [0.25, 0.3) is 0 Å². The molecule has 0 bridgehead atoms. The number of thioether (sulfide) groups is 1. The minimum absolute atomic E-state index is 0.587. The van der Waals surface area contributed by atoms with Crippen LogP contribution in [0.25, 0.3) is 0 Å². The highest BCUT2D eigenvalue weighted by Gasteiger charge is 2.23. The van der Waals surface area contributed by atoms with Gasteiger partial charge in [0, 0.05) is 11.8 Å². The largest absolute Gasteiger partial charge is 0.493 e. The summed E-state index contributed by atoms with van der Waals surface area (Å²) in [5, 5.41) is 4.18. The van der Waals surface area contributed by atoms with E-state index in [1.54, 1.807) is 0 Å². The van der Waals surface area contributed by atoms with Gasteiger partial charge in [-0.25, -0.2) is 0 Å². The lowest BCUT2D eigenvalue weighted by atomic mass is 9.88. The first kappa shape index (κ1) is 14.7. The van der Waals surface area contributed by atoms with Crippen molar-refractivity contribution in [3.63, 3.8) is 0 Å². The van der Waals surface area contributed by atoms with Gasteiger partial charge in [-0.2, -0.15) is 11.8 Å². The zero-order valence-corrected chi connectivity index (χ0v) is 13.0. The van der Waals surface area contributed by atoms with Gasteiger partial charge in [0.2, 0.25) is 0 Å². The van der Waals surface area contributed by atoms with E-state index in [9.17, 15) is 0 Å². The highest BCUT2D eigenvalue weighted by atomic mass is 32.2. The number of rotatable bonds is 6. The van der Waals surface area contributed by atoms with E-state index in [0.717, 1.165) is 18.8 Å². The molecule has 0 saturated heterocycles. The van der Waals surface area contributed by atoms with E-state index in [4.69, 9.17) is 4.74 Å². The Morgan fingerprint density at radius 1 is 1.37 bits per heavy atom. The number of para-hydroxylation sites is 1. The third-order valence-electron chi connectivity index (χ3n) is 3.69. The maximum atomic E-state index is 5.74. The normalized spacial score (nSPS) is 19.9. The fourth-order valence-electron chi connectivity index (χ4n) is 2.58. The number of fused-ring (bicyclic) bond motifs is 1. The average Bonchev–Trinajstić information content (AvgIpc) is 2.43. The molecule has 1 aromatic carbocycles. The summed E-state index contributed by atoms with van der Waals surface area (Å²) in [6.45, 7) is 5.39. The summed E-state index contributed by atoms with van der Waals surface area (Å²) >= 11 is 2.04. The van der Waals surface area contributed by atoms with Gasteiger partial charge in [0.1, 0.15) is 5.75 Å². The monoisotopic (exact) mass is 279 g/mol. The molecule has 2 unspecified atom stereocenters. The molecule has 0 aliphatic carbocycles. The lowest BCUT2D eigenvalue weighted by Gasteiger charge is -2.29. The Kier molecular flexibility index (Phi) is 5.59. The number of benzene rings is 1. The van der Waals surface area contributed by atoms with Gasteiger partial charge in [-0.3, -0.25) is 0 Å². The van der Waals surface area contributed by atoms with Crippen LogP contribution in [0.4, 0.5) is 0 Å². The van der Waals surface area contributed by atoms with Crippen molar-refractivity contribution in [3.05, 3.63) is 29.8 Å². The Bertz CT molecular complexity index is 394. The third-order valence-corrected chi connectivity index (χ3v) is 4.95. The second-order valence-corrected chi connectivity index (χ2v) is 7.08. The number of hydrogen-bond donors (Lipinski definition) is 1. The molecule has 0 saturated carbocycles. The van der Waals surface area contributed by atoms with E-state index < -0.39 is 0 Å². The van der Waals surface area contributed by atoms with Gasteiger partial charge < -0.3 is 10.1 Å². The van der Waals surface area contributed by atoms with Crippen LogP contribution < -0.4 is 10.1 Å². The number of ether oxygens (including phenoxy) is 1. The molecule has 0 spiro atoms. The van der Waals surface area contributed by atoms with E-state index in [2.05, 4.69) is 50.5 Å². The van der Waals surface area contributed by atoms with Crippen LogP contribution in [0.1, 0.15) is 38.2 Å². The van der Waals surface area contributed by atoms with Gasteiger partial charge in [0.15, 0.2) is 0 Å². The van der Waals surface area contributed by atoms with E-state index in [-0.39, 0.29) is 0 Å². The molecule has 0 aromatic heterocycles. The van der Waals surface area contributed by atoms with Gasteiger partial charge in [-0.15, -0.1) is 0 Å². The van der Waals surface area contributed by atoms with Crippen molar-refractivity contribution in [2.24, 2.45) is 0 Å². The molecule has 1 aromatic rings. The maximum absolute atomic E-state index is 5.74. The van der Waals surface area contributed by atoms with E-state index >= 15 is 0 Å². The first-order chi connectivity index (χ1) is 9.20. The topological polar surface area (TPSA) is 21.3 Å². The molecule has 1 N–H and O–H groups in total.